The maximum Gasteiger partial charge on any atom is 0.258 e. The first kappa shape index (κ1) is 18.5. The Kier molecular flexibility index (Phi) is 5.11. The van der Waals surface area contributed by atoms with Crippen molar-refractivity contribution in [2.75, 3.05) is 0 Å². The van der Waals surface area contributed by atoms with Crippen LogP contribution in [0, 0.1) is 11.6 Å². The SMILES string of the molecule is O=C(N[C@H](c1ccccc1)c1nnc(-c2ccccc2)o1)c1c(F)cccc1F. The van der Waals surface area contributed by atoms with Gasteiger partial charge < -0.3 is 9.73 Å². The molecule has 0 saturated heterocycles. The highest BCUT2D eigenvalue weighted by Crippen LogP contribution is 2.26. The zero-order valence-electron chi connectivity index (χ0n) is 15.0. The summed E-state index contributed by atoms with van der Waals surface area (Å²) in [5.41, 5.74) is 0.668. The predicted octanol–water partition coefficient (Wildman–Crippen LogP) is 4.53. The number of benzene rings is 3. The third kappa shape index (κ3) is 3.89. The maximum atomic E-state index is 14.0. The van der Waals surface area contributed by atoms with Crippen molar-refractivity contribution in [3.63, 3.8) is 0 Å². The smallest absolute Gasteiger partial charge is 0.258 e. The highest BCUT2D eigenvalue weighted by Gasteiger charge is 2.26. The molecule has 1 N–H and O–H groups in total. The molecule has 4 rings (SSSR count). The monoisotopic (exact) mass is 391 g/mol. The molecule has 0 fully saturated rings. The number of aromatic nitrogens is 2. The van der Waals surface area contributed by atoms with Gasteiger partial charge in [0, 0.05) is 5.56 Å². The minimum Gasteiger partial charge on any atom is -0.418 e. The fraction of sp³-hybridized carbons (Fsp3) is 0.0455. The number of hydrogen-bond acceptors (Lipinski definition) is 4. The van der Waals surface area contributed by atoms with Crippen molar-refractivity contribution in [1.29, 1.82) is 0 Å². The highest BCUT2D eigenvalue weighted by atomic mass is 19.1. The molecule has 1 heterocycles. The van der Waals surface area contributed by atoms with Gasteiger partial charge in [-0.1, -0.05) is 54.6 Å². The topological polar surface area (TPSA) is 68.0 Å². The van der Waals surface area contributed by atoms with Crippen molar-refractivity contribution >= 4 is 5.91 Å². The number of nitrogens with one attached hydrogen (secondary N) is 1. The van der Waals surface area contributed by atoms with Gasteiger partial charge in [0.05, 0.1) is 0 Å². The molecular formula is C22H15F2N3O2. The van der Waals surface area contributed by atoms with Crippen LogP contribution >= 0.6 is 0 Å². The second-order valence-corrected chi connectivity index (χ2v) is 6.23. The van der Waals surface area contributed by atoms with Crippen LogP contribution in [0.15, 0.2) is 83.3 Å². The molecule has 0 radical (unpaired) electrons. The van der Waals surface area contributed by atoms with Crippen LogP contribution in [0.25, 0.3) is 11.5 Å². The molecule has 7 heteroatoms. The Labute approximate surface area is 165 Å². The average Bonchev–Trinajstić information content (AvgIpc) is 3.23. The van der Waals surface area contributed by atoms with E-state index in [1.54, 1.807) is 24.3 Å². The summed E-state index contributed by atoms with van der Waals surface area (Å²) in [5.74, 6) is -2.46. The van der Waals surface area contributed by atoms with Crippen molar-refractivity contribution in [2.45, 2.75) is 6.04 Å². The fourth-order valence-corrected chi connectivity index (χ4v) is 2.90. The molecule has 0 aliphatic rings. The van der Waals surface area contributed by atoms with Gasteiger partial charge in [0.15, 0.2) is 0 Å². The van der Waals surface area contributed by atoms with E-state index in [0.717, 1.165) is 12.1 Å². The Morgan fingerprint density at radius 2 is 1.45 bits per heavy atom. The molecule has 5 nitrogen and oxygen atoms in total. The van der Waals surface area contributed by atoms with E-state index in [1.165, 1.54) is 6.07 Å². The lowest BCUT2D eigenvalue weighted by molar-refractivity contribution is 0.0929. The average molecular weight is 391 g/mol. The molecule has 1 aromatic heterocycles. The van der Waals surface area contributed by atoms with Gasteiger partial charge in [-0.3, -0.25) is 4.79 Å². The van der Waals surface area contributed by atoms with E-state index in [2.05, 4.69) is 15.5 Å². The third-order valence-corrected chi connectivity index (χ3v) is 4.31. The van der Waals surface area contributed by atoms with Crippen molar-refractivity contribution in [2.24, 2.45) is 0 Å². The molecule has 3 aromatic carbocycles. The van der Waals surface area contributed by atoms with Crippen LogP contribution in [0.3, 0.4) is 0 Å². The number of rotatable bonds is 5. The summed E-state index contributed by atoms with van der Waals surface area (Å²) >= 11 is 0. The van der Waals surface area contributed by atoms with Crippen LogP contribution in [-0.4, -0.2) is 16.1 Å². The number of hydrogen-bond donors (Lipinski definition) is 1. The Hall–Kier alpha value is -3.87. The van der Waals surface area contributed by atoms with E-state index in [9.17, 15) is 13.6 Å². The standard InChI is InChI=1S/C22H15F2N3O2/c23-16-12-7-13-17(24)18(16)20(28)25-19(14-8-3-1-4-9-14)22-27-26-21(29-22)15-10-5-2-6-11-15/h1-13,19H,(H,25,28)/t19-/m1/s1. The summed E-state index contributed by atoms with van der Waals surface area (Å²) in [6, 6.07) is 20.3. The lowest BCUT2D eigenvalue weighted by Crippen LogP contribution is -2.31. The number of nitrogens with zero attached hydrogens (tertiary/aromatic N) is 2. The van der Waals surface area contributed by atoms with E-state index < -0.39 is 29.1 Å². The molecule has 0 saturated carbocycles. The summed E-state index contributed by atoms with van der Waals surface area (Å²) in [6.07, 6.45) is 0. The molecular weight excluding hydrogens is 376 g/mol. The largest absolute Gasteiger partial charge is 0.418 e. The van der Waals surface area contributed by atoms with Gasteiger partial charge in [0.1, 0.15) is 23.2 Å². The van der Waals surface area contributed by atoms with Crippen LogP contribution in [0.4, 0.5) is 8.78 Å². The number of halogens is 2. The first-order chi connectivity index (χ1) is 14.1. The number of carbonyl (C=O) groups excluding carboxylic acids is 1. The Balaban J connectivity index is 1.70. The van der Waals surface area contributed by atoms with Crippen molar-refractivity contribution in [1.82, 2.24) is 15.5 Å². The van der Waals surface area contributed by atoms with Crippen molar-refractivity contribution < 1.29 is 18.0 Å². The Bertz CT molecular complexity index is 1110. The Morgan fingerprint density at radius 3 is 2.10 bits per heavy atom. The highest BCUT2D eigenvalue weighted by molar-refractivity contribution is 5.95. The quantitative estimate of drug-likeness (QED) is 0.543. The van der Waals surface area contributed by atoms with Gasteiger partial charge in [-0.15, -0.1) is 10.2 Å². The van der Waals surface area contributed by atoms with Crippen LogP contribution < -0.4 is 5.32 Å². The van der Waals surface area contributed by atoms with Crippen LogP contribution in [-0.2, 0) is 0 Å². The van der Waals surface area contributed by atoms with Gasteiger partial charge >= 0.3 is 0 Å². The second kappa shape index (κ2) is 8.02. The first-order valence-electron chi connectivity index (χ1n) is 8.82. The van der Waals surface area contributed by atoms with E-state index >= 15 is 0 Å². The molecule has 0 aliphatic heterocycles. The summed E-state index contributed by atoms with van der Waals surface area (Å²) in [6.45, 7) is 0. The predicted molar refractivity (Wildman–Crippen MR) is 102 cm³/mol. The minimum atomic E-state index is -0.954. The van der Waals surface area contributed by atoms with Gasteiger partial charge in [0.2, 0.25) is 11.8 Å². The van der Waals surface area contributed by atoms with Gasteiger partial charge in [-0.2, -0.15) is 0 Å². The van der Waals surface area contributed by atoms with E-state index in [-0.39, 0.29) is 11.8 Å². The van der Waals surface area contributed by atoms with Crippen LogP contribution in [0.5, 0.6) is 0 Å². The lowest BCUT2D eigenvalue weighted by atomic mass is 10.1. The molecule has 1 atom stereocenters. The Morgan fingerprint density at radius 1 is 0.828 bits per heavy atom. The van der Waals surface area contributed by atoms with E-state index in [1.807, 2.05) is 36.4 Å². The number of amides is 1. The number of carbonyl (C=O) groups is 1. The summed E-state index contributed by atoms with van der Waals surface area (Å²) in [5, 5.41) is 10.7. The molecule has 1 amide bonds. The third-order valence-electron chi connectivity index (χ3n) is 4.31. The molecule has 0 aliphatic carbocycles. The first-order valence-corrected chi connectivity index (χ1v) is 8.82. The molecule has 4 aromatic rings. The van der Waals surface area contributed by atoms with Crippen LogP contribution in [0.2, 0.25) is 0 Å². The fourth-order valence-electron chi connectivity index (χ4n) is 2.90. The summed E-state index contributed by atoms with van der Waals surface area (Å²) in [7, 11) is 0. The zero-order valence-corrected chi connectivity index (χ0v) is 15.0. The van der Waals surface area contributed by atoms with Crippen molar-refractivity contribution in [3.05, 3.63) is 108 Å². The minimum absolute atomic E-state index is 0.0974. The van der Waals surface area contributed by atoms with E-state index in [4.69, 9.17) is 4.42 Å². The van der Waals surface area contributed by atoms with E-state index in [0.29, 0.717) is 11.1 Å². The zero-order chi connectivity index (χ0) is 20.2. The van der Waals surface area contributed by atoms with Gasteiger partial charge in [0.25, 0.3) is 5.91 Å². The molecule has 0 bridgehead atoms. The molecule has 29 heavy (non-hydrogen) atoms. The molecule has 144 valence electrons. The van der Waals surface area contributed by atoms with Gasteiger partial charge in [-0.05, 0) is 29.8 Å². The molecule has 0 spiro atoms. The normalized spacial score (nSPS) is 11.8. The molecule has 0 unspecified atom stereocenters. The second-order valence-electron chi connectivity index (χ2n) is 6.23. The summed E-state index contributed by atoms with van der Waals surface area (Å²) < 4.78 is 33.8. The van der Waals surface area contributed by atoms with Crippen molar-refractivity contribution in [3.8, 4) is 11.5 Å². The lowest BCUT2D eigenvalue weighted by Gasteiger charge is -2.16. The van der Waals surface area contributed by atoms with Crippen LogP contribution in [0.1, 0.15) is 27.9 Å². The van der Waals surface area contributed by atoms with Gasteiger partial charge in [-0.25, -0.2) is 8.78 Å². The summed E-state index contributed by atoms with van der Waals surface area (Å²) in [4.78, 5) is 12.6. The maximum absolute atomic E-state index is 14.0.